The van der Waals surface area contributed by atoms with E-state index in [1.807, 2.05) is 34.6 Å². The van der Waals surface area contributed by atoms with E-state index in [1.165, 1.54) is 0 Å². The molecule has 0 aliphatic carbocycles. The van der Waals surface area contributed by atoms with Crippen LogP contribution in [0.4, 0.5) is 0 Å². The molecule has 4 nitrogen and oxygen atoms in total. The van der Waals surface area contributed by atoms with E-state index in [-0.39, 0.29) is 11.2 Å². The van der Waals surface area contributed by atoms with E-state index >= 15 is 0 Å². The van der Waals surface area contributed by atoms with E-state index < -0.39 is 7.12 Å². The SMILES string of the molecule is Cc1cc(C#N)cnc1B1OC(C)(C)C(C)(C)O1. The van der Waals surface area contributed by atoms with Crippen LogP contribution in [0.25, 0.3) is 0 Å². The van der Waals surface area contributed by atoms with Gasteiger partial charge in [0.15, 0.2) is 0 Å². The van der Waals surface area contributed by atoms with Crippen LogP contribution >= 0.6 is 0 Å². The first kappa shape index (κ1) is 13.1. The molecule has 0 aromatic carbocycles. The van der Waals surface area contributed by atoms with Crippen LogP contribution in [0.1, 0.15) is 38.8 Å². The normalized spacial score (nSPS) is 20.8. The van der Waals surface area contributed by atoms with E-state index in [0.29, 0.717) is 5.56 Å². The highest BCUT2D eigenvalue weighted by Crippen LogP contribution is 2.36. The molecule has 0 atom stereocenters. The van der Waals surface area contributed by atoms with Crippen LogP contribution in [0.3, 0.4) is 0 Å². The summed E-state index contributed by atoms with van der Waals surface area (Å²) in [4.78, 5) is 4.29. The zero-order valence-corrected chi connectivity index (χ0v) is 11.4. The number of nitrogens with zero attached hydrogens (tertiary/aromatic N) is 2. The van der Waals surface area contributed by atoms with Gasteiger partial charge in [-0.25, -0.2) is 0 Å². The fourth-order valence-electron chi connectivity index (χ4n) is 1.85. The van der Waals surface area contributed by atoms with Crippen LogP contribution < -0.4 is 5.59 Å². The van der Waals surface area contributed by atoms with Crippen molar-refractivity contribution in [2.24, 2.45) is 0 Å². The quantitative estimate of drug-likeness (QED) is 0.703. The summed E-state index contributed by atoms with van der Waals surface area (Å²) in [6, 6.07) is 3.87. The van der Waals surface area contributed by atoms with Crippen LogP contribution in [0, 0.1) is 18.3 Å². The van der Waals surface area contributed by atoms with E-state index in [4.69, 9.17) is 14.6 Å². The molecular formula is C13H17BN2O2. The number of aryl methyl sites for hydroxylation is 1. The average Bonchev–Trinajstić information content (AvgIpc) is 2.47. The summed E-state index contributed by atoms with van der Waals surface area (Å²) in [5.74, 6) is 0. The van der Waals surface area contributed by atoms with Crippen LogP contribution in [0.15, 0.2) is 12.3 Å². The summed E-state index contributed by atoms with van der Waals surface area (Å²) < 4.78 is 11.9. The van der Waals surface area contributed by atoms with Crippen molar-refractivity contribution in [1.82, 2.24) is 4.98 Å². The fourth-order valence-corrected chi connectivity index (χ4v) is 1.85. The van der Waals surface area contributed by atoms with Crippen LogP contribution in [-0.4, -0.2) is 23.3 Å². The van der Waals surface area contributed by atoms with Gasteiger partial charge in [0.05, 0.1) is 22.4 Å². The van der Waals surface area contributed by atoms with Crippen molar-refractivity contribution in [1.29, 1.82) is 5.26 Å². The van der Waals surface area contributed by atoms with E-state index in [0.717, 1.165) is 11.2 Å². The fraction of sp³-hybridized carbons (Fsp3) is 0.538. The molecule has 94 valence electrons. The molecule has 0 N–H and O–H groups in total. The molecule has 1 fully saturated rings. The average molecular weight is 244 g/mol. The summed E-state index contributed by atoms with van der Waals surface area (Å²) in [7, 11) is -0.470. The highest BCUT2D eigenvalue weighted by Gasteiger charge is 2.52. The summed E-state index contributed by atoms with van der Waals surface area (Å²) in [5.41, 5.74) is 1.45. The summed E-state index contributed by atoms with van der Waals surface area (Å²) in [6.07, 6.45) is 1.55. The zero-order valence-electron chi connectivity index (χ0n) is 11.4. The number of rotatable bonds is 1. The predicted molar refractivity (Wildman–Crippen MR) is 69.4 cm³/mol. The van der Waals surface area contributed by atoms with E-state index in [1.54, 1.807) is 12.3 Å². The number of hydrogen-bond donors (Lipinski definition) is 0. The third kappa shape index (κ3) is 2.02. The highest BCUT2D eigenvalue weighted by molar-refractivity contribution is 6.61. The molecule has 0 saturated carbocycles. The topological polar surface area (TPSA) is 55.1 Å². The maximum absolute atomic E-state index is 8.83. The van der Waals surface area contributed by atoms with E-state index in [9.17, 15) is 0 Å². The molecule has 0 amide bonds. The van der Waals surface area contributed by atoms with Gasteiger partial charge in [0.2, 0.25) is 0 Å². The van der Waals surface area contributed by atoms with Crippen molar-refractivity contribution >= 4 is 12.7 Å². The molecule has 1 aliphatic heterocycles. The van der Waals surface area contributed by atoms with Gasteiger partial charge in [-0.1, -0.05) is 0 Å². The maximum atomic E-state index is 8.83. The molecular weight excluding hydrogens is 227 g/mol. The molecule has 2 heterocycles. The third-order valence-electron chi connectivity index (χ3n) is 3.72. The van der Waals surface area contributed by atoms with Gasteiger partial charge < -0.3 is 9.31 Å². The molecule has 18 heavy (non-hydrogen) atoms. The van der Waals surface area contributed by atoms with Gasteiger partial charge in [0.25, 0.3) is 0 Å². The Labute approximate surface area is 108 Å². The van der Waals surface area contributed by atoms with Crippen LogP contribution in [0.5, 0.6) is 0 Å². The molecule has 1 aromatic heterocycles. The summed E-state index contributed by atoms with van der Waals surface area (Å²) >= 11 is 0. The first-order valence-electron chi connectivity index (χ1n) is 5.99. The smallest absolute Gasteiger partial charge is 0.398 e. The lowest BCUT2D eigenvalue weighted by Gasteiger charge is -2.32. The monoisotopic (exact) mass is 244 g/mol. The zero-order chi connectivity index (χ0) is 13.6. The lowest BCUT2D eigenvalue weighted by Crippen LogP contribution is -2.41. The van der Waals surface area contributed by atoms with Gasteiger partial charge in [-0.15, -0.1) is 0 Å². The largest absolute Gasteiger partial charge is 0.514 e. The highest BCUT2D eigenvalue weighted by atomic mass is 16.7. The Kier molecular flexibility index (Phi) is 2.96. The van der Waals surface area contributed by atoms with Crippen molar-refractivity contribution in [2.45, 2.75) is 45.8 Å². The molecule has 5 heteroatoms. The summed E-state index contributed by atoms with van der Waals surface area (Å²) in [5, 5.41) is 8.83. The van der Waals surface area contributed by atoms with Crippen molar-refractivity contribution < 1.29 is 9.31 Å². The molecule has 0 bridgehead atoms. The molecule has 1 aliphatic rings. The molecule has 0 radical (unpaired) electrons. The van der Waals surface area contributed by atoms with Crippen molar-refractivity contribution in [3.05, 3.63) is 23.4 Å². The van der Waals surface area contributed by atoms with Gasteiger partial charge in [0.1, 0.15) is 6.07 Å². The Morgan fingerprint density at radius 2 is 1.78 bits per heavy atom. The first-order valence-corrected chi connectivity index (χ1v) is 5.99. The first-order chi connectivity index (χ1) is 8.27. The maximum Gasteiger partial charge on any atom is 0.514 e. The Hall–Kier alpha value is -1.38. The molecule has 0 spiro atoms. The molecule has 1 saturated heterocycles. The minimum Gasteiger partial charge on any atom is -0.398 e. The van der Waals surface area contributed by atoms with E-state index in [2.05, 4.69) is 11.1 Å². The summed E-state index contributed by atoms with van der Waals surface area (Å²) in [6.45, 7) is 9.93. The van der Waals surface area contributed by atoms with Gasteiger partial charge >= 0.3 is 7.12 Å². The van der Waals surface area contributed by atoms with Gasteiger partial charge in [-0.2, -0.15) is 5.26 Å². The Bertz CT molecular complexity index is 504. The third-order valence-corrected chi connectivity index (χ3v) is 3.72. The second-order valence-electron chi connectivity index (χ2n) is 5.63. The number of aromatic nitrogens is 1. The number of pyridine rings is 1. The predicted octanol–water partition coefficient (Wildman–Crippen LogP) is 1.56. The van der Waals surface area contributed by atoms with Gasteiger partial charge in [0, 0.05) is 6.20 Å². The van der Waals surface area contributed by atoms with Crippen molar-refractivity contribution in [3.8, 4) is 6.07 Å². The van der Waals surface area contributed by atoms with Gasteiger partial charge in [-0.3, -0.25) is 4.98 Å². The second kappa shape index (κ2) is 4.08. The molecule has 0 unspecified atom stereocenters. The Morgan fingerprint density at radius 1 is 1.22 bits per heavy atom. The van der Waals surface area contributed by atoms with Crippen molar-refractivity contribution in [2.75, 3.05) is 0 Å². The van der Waals surface area contributed by atoms with Crippen molar-refractivity contribution in [3.63, 3.8) is 0 Å². The minimum absolute atomic E-state index is 0.375. The molecule has 1 aromatic rings. The lowest BCUT2D eigenvalue weighted by atomic mass is 9.81. The standard InChI is InChI=1S/C13H17BN2O2/c1-9-6-10(7-15)8-16-11(9)14-17-12(2,3)13(4,5)18-14/h6,8H,1-5H3. The molecule has 2 rings (SSSR count). The minimum atomic E-state index is -0.470. The second-order valence-corrected chi connectivity index (χ2v) is 5.63. The van der Waals surface area contributed by atoms with Gasteiger partial charge in [-0.05, 0) is 46.2 Å². The number of hydrogen-bond acceptors (Lipinski definition) is 4. The lowest BCUT2D eigenvalue weighted by molar-refractivity contribution is 0.00578. The number of nitriles is 1. The van der Waals surface area contributed by atoms with Crippen LogP contribution in [-0.2, 0) is 9.31 Å². The Morgan fingerprint density at radius 3 is 2.22 bits per heavy atom. The Balaban J connectivity index is 2.33. The van der Waals surface area contributed by atoms with Crippen LogP contribution in [0.2, 0.25) is 0 Å².